The normalized spacial score (nSPS) is 21.7. The van der Waals surface area contributed by atoms with Crippen molar-refractivity contribution < 1.29 is 13.6 Å². The molecule has 1 aliphatic rings. The van der Waals surface area contributed by atoms with Crippen LogP contribution in [0.3, 0.4) is 0 Å². The molecule has 2 atom stereocenters. The summed E-state index contributed by atoms with van der Waals surface area (Å²) < 4.78 is 26.8. The van der Waals surface area contributed by atoms with Gasteiger partial charge in [-0.3, -0.25) is 4.79 Å². The Hall–Kier alpha value is -1.20. The van der Waals surface area contributed by atoms with Gasteiger partial charge >= 0.3 is 0 Å². The van der Waals surface area contributed by atoms with Gasteiger partial charge in [-0.1, -0.05) is 32.0 Å². The van der Waals surface area contributed by atoms with Gasteiger partial charge in [0, 0.05) is 24.9 Å². The second-order valence-electron chi connectivity index (χ2n) is 5.88. The quantitative estimate of drug-likeness (QED) is 0.894. The van der Waals surface area contributed by atoms with E-state index < -0.39 is 17.6 Å². The molecule has 0 bridgehead atoms. The number of nitrogens with one attached hydrogen (secondary N) is 2. The van der Waals surface area contributed by atoms with Crippen molar-refractivity contribution in [3.8, 4) is 0 Å². The molecule has 1 aliphatic heterocycles. The highest BCUT2D eigenvalue weighted by atomic mass is 35.5. The molecule has 3 nitrogen and oxygen atoms in total. The van der Waals surface area contributed by atoms with E-state index in [0.29, 0.717) is 12.1 Å². The minimum Gasteiger partial charge on any atom is -0.354 e. The number of hydrogen-bond acceptors (Lipinski definition) is 2. The van der Waals surface area contributed by atoms with Gasteiger partial charge in [-0.15, -0.1) is 12.4 Å². The molecular weight excluding hydrogens is 298 g/mol. The van der Waals surface area contributed by atoms with Crippen LogP contribution < -0.4 is 10.6 Å². The smallest absolute Gasteiger partial charge is 0.237 e. The van der Waals surface area contributed by atoms with Gasteiger partial charge in [0.25, 0.3) is 0 Å². The molecule has 6 heteroatoms. The van der Waals surface area contributed by atoms with Crippen molar-refractivity contribution in [1.82, 2.24) is 10.6 Å². The molecule has 1 aromatic carbocycles. The van der Waals surface area contributed by atoms with E-state index in [1.165, 1.54) is 6.07 Å². The molecule has 0 radical (unpaired) electrons. The fraction of sp³-hybridized carbons (Fsp3) is 0.533. The molecule has 2 N–H and O–H groups in total. The fourth-order valence-electron chi connectivity index (χ4n) is 2.43. The Morgan fingerprint density at radius 1 is 1.43 bits per heavy atom. The first-order chi connectivity index (χ1) is 9.40. The largest absolute Gasteiger partial charge is 0.354 e. The van der Waals surface area contributed by atoms with Gasteiger partial charge in [0.2, 0.25) is 5.91 Å². The molecule has 0 aromatic heterocycles. The summed E-state index contributed by atoms with van der Waals surface area (Å²) in [6.45, 7) is 4.26. The van der Waals surface area contributed by atoms with E-state index in [1.54, 1.807) is 18.2 Å². The molecule has 0 aliphatic carbocycles. The van der Waals surface area contributed by atoms with Crippen molar-refractivity contribution in [1.29, 1.82) is 0 Å². The summed E-state index contributed by atoms with van der Waals surface area (Å²) in [5.41, 5.74) is 0.0393. The van der Waals surface area contributed by atoms with Crippen LogP contribution in [0, 0.1) is 5.82 Å². The summed E-state index contributed by atoms with van der Waals surface area (Å²) in [6, 6.07) is 6.05. The van der Waals surface area contributed by atoms with Gasteiger partial charge < -0.3 is 10.6 Å². The van der Waals surface area contributed by atoms with Crippen molar-refractivity contribution in [2.24, 2.45) is 0 Å². The molecule has 2 rings (SSSR count). The Kier molecular flexibility index (Phi) is 6.10. The monoisotopic (exact) mass is 318 g/mol. The maximum Gasteiger partial charge on any atom is 0.237 e. The van der Waals surface area contributed by atoms with Crippen molar-refractivity contribution in [3.63, 3.8) is 0 Å². The highest BCUT2D eigenvalue weighted by Crippen LogP contribution is 2.25. The molecule has 118 valence electrons. The second kappa shape index (κ2) is 7.18. The number of benzene rings is 1. The average molecular weight is 319 g/mol. The molecule has 0 spiro atoms. The molecule has 0 unspecified atom stereocenters. The summed E-state index contributed by atoms with van der Waals surface area (Å²) in [4.78, 5) is 11.9. The van der Waals surface area contributed by atoms with Crippen LogP contribution >= 0.6 is 12.4 Å². The lowest BCUT2D eigenvalue weighted by Gasteiger charge is -2.26. The third-order valence-electron chi connectivity index (χ3n) is 3.70. The molecule has 1 amide bonds. The van der Waals surface area contributed by atoms with Crippen LogP contribution in [0.1, 0.15) is 25.8 Å². The molecule has 1 heterocycles. The van der Waals surface area contributed by atoms with E-state index in [-0.39, 0.29) is 37.1 Å². The Morgan fingerprint density at radius 2 is 2.10 bits per heavy atom. The van der Waals surface area contributed by atoms with Crippen LogP contribution in [0.15, 0.2) is 24.3 Å². The summed E-state index contributed by atoms with van der Waals surface area (Å²) in [5, 5.41) is 5.61. The van der Waals surface area contributed by atoms with E-state index in [9.17, 15) is 13.6 Å². The number of amides is 1. The highest BCUT2D eigenvalue weighted by Gasteiger charge is 2.31. The molecule has 0 saturated carbocycles. The first-order valence-corrected chi connectivity index (χ1v) is 6.80. The van der Waals surface area contributed by atoms with Crippen molar-refractivity contribution in [2.45, 2.75) is 37.9 Å². The highest BCUT2D eigenvalue weighted by molar-refractivity contribution is 5.85. The van der Waals surface area contributed by atoms with Gasteiger partial charge in [-0.05, 0) is 11.6 Å². The number of carbonyl (C=O) groups excluding carboxylic acids is 1. The lowest BCUT2D eigenvalue weighted by atomic mass is 9.84. The third kappa shape index (κ3) is 4.38. The molecular formula is C15H21ClF2N2O. The fourth-order valence-corrected chi connectivity index (χ4v) is 2.43. The van der Waals surface area contributed by atoms with Gasteiger partial charge in [-0.2, -0.15) is 0 Å². The minimum atomic E-state index is -0.967. The summed E-state index contributed by atoms with van der Waals surface area (Å²) in [5.74, 6) is -0.510. The zero-order valence-electron chi connectivity index (χ0n) is 12.2. The maximum absolute atomic E-state index is 13.8. The van der Waals surface area contributed by atoms with E-state index in [4.69, 9.17) is 0 Å². The number of carbonyl (C=O) groups is 1. The van der Waals surface area contributed by atoms with Crippen LogP contribution in [-0.2, 0) is 10.2 Å². The Bertz CT molecular complexity index is 496. The topological polar surface area (TPSA) is 41.1 Å². The second-order valence-corrected chi connectivity index (χ2v) is 5.88. The maximum atomic E-state index is 13.8. The van der Waals surface area contributed by atoms with Crippen molar-refractivity contribution >= 4 is 18.3 Å². The van der Waals surface area contributed by atoms with Crippen LogP contribution in [0.2, 0.25) is 0 Å². The first-order valence-electron chi connectivity index (χ1n) is 6.80. The Balaban J connectivity index is 0.00000220. The summed E-state index contributed by atoms with van der Waals surface area (Å²) in [7, 11) is 0. The van der Waals surface area contributed by atoms with Crippen molar-refractivity contribution in [3.05, 3.63) is 35.6 Å². The average Bonchev–Trinajstić information content (AvgIpc) is 2.83. The lowest BCUT2D eigenvalue weighted by Crippen LogP contribution is -2.45. The van der Waals surface area contributed by atoms with Gasteiger partial charge in [0.05, 0.1) is 6.04 Å². The standard InChI is InChI=1S/C15H20F2N2O.ClH/c1-15(2,11-5-3-4-6-12(11)17)9-19-14(20)13-7-10(16)8-18-13;/h3-6,10,13,18H,7-9H2,1-2H3,(H,19,20);1H/t10-,13+;/m0./s1. The van der Waals surface area contributed by atoms with E-state index >= 15 is 0 Å². The third-order valence-corrected chi connectivity index (χ3v) is 3.70. The van der Waals surface area contributed by atoms with E-state index in [0.717, 1.165) is 0 Å². The molecule has 1 aromatic rings. The summed E-state index contributed by atoms with van der Waals surface area (Å²) in [6.07, 6.45) is -0.767. The van der Waals surface area contributed by atoms with Crippen LogP contribution in [-0.4, -0.2) is 31.2 Å². The number of hydrogen-bond donors (Lipinski definition) is 2. The van der Waals surface area contributed by atoms with E-state index in [1.807, 2.05) is 13.8 Å². The van der Waals surface area contributed by atoms with Crippen molar-refractivity contribution in [2.75, 3.05) is 13.1 Å². The summed E-state index contributed by atoms with van der Waals surface area (Å²) >= 11 is 0. The number of alkyl halides is 1. The van der Waals surface area contributed by atoms with Gasteiger partial charge in [0.1, 0.15) is 12.0 Å². The Labute approximate surface area is 129 Å². The SMILES string of the molecule is CC(C)(CNC(=O)[C@H]1C[C@H](F)CN1)c1ccccc1F.Cl. The molecule has 1 saturated heterocycles. The predicted molar refractivity (Wildman–Crippen MR) is 81.0 cm³/mol. The number of rotatable bonds is 4. The van der Waals surface area contributed by atoms with Crippen LogP contribution in [0.5, 0.6) is 0 Å². The zero-order chi connectivity index (χ0) is 14.8. The van der Waals surface area contributed by atoms with E-state index in [2.05, 4.69) is 10.6 Å². The molecule has 1 fully saturated rings. The molecule has 21 heavy (non-hydrogen) atoms. The van der Waals surface area contributed by atoms with Crippen LogP contribution in [0.4, 0.5) is 8.78 Å². The first kappa shape index (κ1) is 17.9. The van der Waals surface area contributed by atoms with Crippen LogP contribution in [0.25, 0.3) is 0 Å². The zero-order valence-corrected chi connectivity index (χ0v) is 13.0. The van der Waals surface area contributed by atoms with Gasteiger partial charge in [-0.25, -0.2) is 8.78 Å². The number of halogens is 3. The Morgan fingerprint density at radius 3 is 2.67 bits per heavy atom. The lowest BCUT2D eigenvalue weighted by molar-refractivity contribution is -0.123. The van der Waals surface area contributed by atoms with Gasteiger partial charge in [0.15, 0.2) is 0 Å². The predicted octanol–water partition coefficient (Wildman–Crippen LogP) is 2.34. The minimum absolute atomic E-state index is 0.